The van der Waals surface area contributed by atoms with Crippen LogP contribution in [-0.4, -0.2) is 43.9 Å². The van der Waals surface area contributed by atoms with Crippen molar-refractivity contribution in [1.29, 1.82) is 0 Å². The molecule has 2 aromatic heterocycles. The van der Waals surface area contributed by atoms with Crippen LogP contribution in [0.5, 0.6) is 0 Å². The fourth-order valence-corrected chi connectivity index (χ4v) is 2.75. The van der Waals surface area contributed by atoms with Gasteiger partial charge in [0.05, 0.1) is 11.3 Å². The van der Waals surface area contributed by atoms with Gasteiger partial charge in [0, 0.05) is 43.6 Å². The normalized spacial score (nSPS) is 18.7. The number of nitrogens with zero attached hydrogens (tertiary/aromatic N) is 4. The van der Waals surface area contributed by atoms with Crippen LogP contribution in [0.1, 0.15) is 41.0 Å². The average Bonchev–Trinajstić information content (AvgIpc) is 3.17. The minimum absolute atomic E-state index is 0.0872. The molecule has 1 aliphatic heterocycles. The van der Waals surface area contributed by atoms with Gasteiger partial charge in [0.25, 0.3) is 5.91 Å². The fourth-order valence-electron chi connectivity index (χ4n) is 2.75. The lowest BCUT2D eigenvalue weighted by Crippen LogP contribution is -2.28. The molecule has 1 atom stereocenters. The number of aryl methyl sites for hydroxylation is 2. The maximum atomic E-state index is 12.6. The quantitative estimate of drug-likeness (QED) is 0.923. The number of aromatic amines is 1. The zero-order valence-corrected chi connectivity index (χ0v) is 11.8. The molecule has 1 fully saturated rings. The summed E-state index contributed by atoms with van der Waals surface area (Å²) in [5.74, 6) is 0.451. The Balaban J connectivity index is 1.74. The summed E-state index contributed by atoms with van der Waals surface area (Å²) < 4.78 is 1.81. The van der Waals surface area contributed by atoms with Gasteiger partial charge in [-0.15, -0.1) is 0 Å². The van der Waals surface area contributed by atoms with Gasteiger partial charge in [0.2, 0.25) is 0 Å². The number of nitrogens with one attached hydrogen (secondary N) is 1. The van der Waals surface area contributed by atoms with Crippen LogP contribution in [0.4, 0.5) is 0 Å². The van der Waals surface area contributed by atoms with Gasteiger partial charge < -0.3 is 4.90 Å². The molecule has 20 heavy (non-hydrogen) atoms. The van der Waals surface area contributed by atoms with E-state index in [4.69, 9.17) is 0 Å². The van der Waals surface area contributed by atoms with Crippen molar-refractivity contribution >= 4 is 5.91 Å². The van der Waals surface area contributed by atoms with E-state index >= 15 is 0 Å². The lowest BCUT2D eigenvalue weighted by molar-refractivity contribution is 0.0790. The maximum absolute atomic E-state index is 12.6. The van der Waals surface area contributed by atoms with Gasteiger partial charge in [-0.3, -0.25) is 14.6 Å². The highest BCUT2D eigenvalue weighted by Gasteiger charge is 2.30. The first-order chi connectivity index (χ1) is 9.69. The first-order valence-corrected chi connectivity index (χ1v) is 7.01. The summed E-state index contributed by atoms with van der Waals surface area (Å²) in [6.07, 6.45) is 4.59. The Morgan fingerprint density at radius 1 is 1.55 bits per heavy atom. The van der Waals surface area contributed by atoms with E-state index in [1.54, 1.807) is 6.20 Å². The average molecular weight is 273 g/mol. The molecule has 1 N–H and O–H groups in total. The third-order valence-corrected chi connectivity index (χ3v) is 3.94. The molecule has 0 aromatic carbocycles. The molecule has 3 heterocycles. The smallest absolute Gasteiger partial charge is 0.257 e. The molecule has 106 valence electrons. The van der Waals surface area contributed by atoms with Gasteiger partial charge in [0.15, 0.2) is 0 Å². The standard InChI is InChI=1S/C14H19N5O/c1-3-19-9-12(10(2)17-19)14(20)18-7-5-11(8-18)13-4-6-15-16-13/h4,6,9,11H,3,5,7-8H2,1-2H3,(H,15,16). The number of H-pyrrole nitrogens is 1. The lowest BCUT2D eigenvalue weighted by atomic mass is 10.1. The summed E-state index contributed by atoms with van der Waals surface area (Å²) in [7, 11) is 0. The van der Waals surface area contributed by atoms with E-state index in [2.05, 4.69) is 15.3 Å². The lowest BCUT2D eigenvalue weighted by Gasteiger charge is -2.15. The molecule has 0 bridgehead atoms. The number of carbonyl (C=O) groups excluding carboxylic acids is 1. The van der Waals surface area contributed by atoms with E-state index in [0.717, 1.165) is 43.0 Å². The van der Waals surface area contributed by atoms with Crippen LogP contribution in [0.25, 0.3) is 0 Å². The predicted molar refractivity (Wildman–Crippen MR) is 74.5 cm³/mol. The third-order valence-electron chi connectivity index (χ3n) is 3.94. The molecule has 0 spiro atoms. The molecule has 1 saturated heterocycles. The van der Waals surface area contributed by atoms with Crippen LogP contribution < -0.4 is 0 Å². The van der Waals surface area contributed by atoms with Crippen molar-refractivity contribution in [2.75, 3.05) is 13.1 Å². The minimum Gasteiger partial charge on any atom is -0.338 e. The van der Waals surface area contributed by atoms with Crippen LogP contribution >= 0.6 is 0 Å². The maximum Gasteiger partial charge on any atom is 0.257 e. The monoisotopic (exact) mass is 273 g/mol. The largest absolute Gasteiger partial charge is 0.338 e. The van der Waals surface area contributed by atoms with Crippen molar-refractivity contribution < 1.29 is 4.79 Å². The van der Waals surface area contributed by atoms with Crippen LogP contribution in [0.2, 0.25) is 0 Å². The Labute approximate surface area is 117 Å². The number of likely N-dealkylation sites (tertiary alicyclic amines) is 1. The number of amides is 1. The SMILES string of the molecule is CCn1cc(C(=O)N2CCC(c3ccn[nH]3)C2)c(C)n1. The van der Waals surface area contributed by atoms with Crippen molar-refractivity contribution in [3.05, 3.63) is 35.4 Å². The summed E-state index contributed by atoms with van der Waals surface area (Å²) in [6.45, 7) is 6.23. The van der Waals surface area contributed by atoms with Gasteiger partial charge >= 0.3 is 0 Å². The highest BCUT2D eigenvalue weighted by atomic mass is 16.2. The molecule has 1 unspecified atom stereocenters. The summed E-state index contributed by atoms with van der Waals surface area (Å²) in [5, 5.41) is 11.3. The number of hydrogen-bond acceptors (Lipinski definition) is 3. The Bertz CT molecular complexity index is 601. The Morgan fingerprint density at radius 3 is 3.05 bits per heavy atom. The number of rotatable bonds is 3. The summed E-state index contributed by atoms with van der Waals surface area (Å²) in [6, 6.07) is 1.99. The molecule has 6 nitrogen and oxygen atoms in total. The van der Waals surface area contributed by atoms with Gasteiger partial charge in [-0.05, 0) is 26.3 Å². The second-order valence-electron chi connectivity index (χ2n) is 5.23. The van der Waals surface area contributed by atoms with E-state index < -0.39 is 0 Å². The second kappa shape index (κ2) is 5.11. The van der Waals surface area contributed by atoms with Crippen molar-refractivity contribution in [3.63, 3.8) is 0 Å². The molecule has 1 amide bonds. The topological polar surface area (TPSA) is 66.8 Å². The molecule has 0 aliphatic carbocycles. The highest BCUT2D eigenvalue weighted by molar-refractivity contribution is 5.95. The molecule has 1 aliphatic rings. The Kier molecular flexibility index (Phi) is 3.30. The Morgan fingerprint density at radius 2 is 2.40 bits per heavy atom. The molecule has 0 radical (unpaired) electrons. The number of aromatic nitrogens is 4. The van der Waals surface area contributed by atoms with E-state index in [0.29, 0.717) is 5.92 Å². The van der Waals surface area contributed by atoms with E-state index in [-0.39, 0.29) is 5.91 Å². The van der Waals surface area contributed by atoms with Crippen LogP contribution in [0, 0.1) is 6.92 Å². The Hall–Kier alpha value is -2.11. The number of carbonyl (C=O) groups is 1. The van der Waals surface area contributed by atoms with Gasteiger partial charge in [-0.1, -0.05) is 0 Å². The van der Waals surface area contributed by atoms with E-state index in [1.165, 1.54) is 0 Å². The first kappa shape index (κ1) is 12.9. The molecule has 2 aromatic rings. The van der Waals surface area contributed by atoms with E-state index in [9.17, 15) is 4.79 Å². The van der Waals surface area contributed by atoms with Crippen molar-refractivity contribution in [2.24, 2.45) is 0 Å². The van der Waals surface area contributed by atoms with Crippen molar-refractivity contribution in [1.82, 2.24) is 24.9 Å². The minimum atomic E-state index is 0.0872. The summed E-state index contributed by atoms with van der Waals surface area (Å²) >= 11 is 0. The van der Waals surface area contributed by atoms with E-state index in [1.807, 2.05) is 35.7 Å². The second-order valence-corrected chi connectivity index (χ2v) is 5.23. The van der Waals surface area contributed by atoms with Crippen LogP contribution in [0.15, 0.2) is 18.5 Å². The molecule has 3 rings (SSSR count). The van der Waals surface area contributed by atoms with Crippen LogP contribution in [0.3, 0.4) is 0 Å². The zero-order chi connectivity index (χ0) is 14.1. The first-order valence-electron chi connectivity index (χ1n) is 7.01. The fraction of sp³-hybridized carbons (Fsp3) is 0.500. The summed E-state index contributed by atoms with van der Waals surface area (Å²) in [4.78, 5) is 14.5. The highest BCUT2D eigenvalue weighted by Crippen LogP contribution is 2.26. The molecule has 0 saturated carbocycles. The van der Waals surface area contributed by atoms with Gasteiger partial charge in [-0.2, -0.15) is 10.2 Å². The van der Waals surface area contributed by atoms with Gasteiger partial charge in [0.1, 0.15) is 0 Å². The van der Waals surface area contributed by atoms with Crippen LogP contribution in [-0.2, 0) is 6.54 Å². The van der Waals surface area contributed by atoms with Crippen molar-refractivity contribution in [3.8, 4) is 0 Å². The number of hydrogen-bond donors (Lipinski definition) is 1. The predicted octanol–water partition coefficient (Wildman–Crippen LogP) is 1.56. The van der Waals surface area contributed by atoms with Gasteiger partial charge in [-0.25, -0.2) is 0 Å². The summed E-state index contributed by atoms with van der Waals surface area (Å²) in [5.41, 5.74) is 2.64. The molecular weight excluding hydrogens is 254 g/mol. The molecular formula is C14H19N5O. The molecule has 6 heteroatoms. The van der Waals surface area contributed by atoms with Crippen molar-refractivity contribution in [2.45, 2.75) is 32.7 Å². The zero-order valence-electron chi connectivity index (χ0n) is 11.8. The third kappa shape index (κ3) is 2.21.